The van der Waals surface area contributed by atoms with E-state index in [2.05, 4.69) is 38.1 Å². The van der Waals surface area contributed by atoms with Crippen LogP contribution in [0.3, 0.4) is 0 Å². The van der Waals surface area contributed by atoms with Gasteiger partial charge in [0.25, 0.3) is 0 Å². The quantitative estimate of drug-likeness (QED) is 0.734. The Balaban J connectivity index is 2.48. The Hall–Kier alpha value is -0.980. The van der Waals surface area contributed by atoms with Crippen molar-refractivity contribution in [1.82, 2.24) is 20.2 Å². The maximum absolute atomic E-state index is 3.78. The highest BCUT2D eigenvalue weighted by Crippen LogP contribution is 2.09. The van der Waals surface area contributed by atoms with Crippen LogP contribution in [0.2, 0.25) is 0 Å². The summed E-state index contributed by atoms with van der Waals surface area (Å²) in [6, 6.07) is 7.96. The van der Waals surface area contributed by atoms with Gasteiger partial charge in [-0.15, -0.1) is 5.10 Å². The first-order valence-electron chi connectivity index (χ1n) is 3.35. The van der Waals surface area contributed by atoms with Gasteiger partial charge in [-0.1, -0.05) is 6.07 Å². The summed E-state index contributed by atoms with van der Waals surface area (Å²) in [5.41, 5.74) is 0.979. The molecule has 0 aliphatic heterocycles. The van der Waals surface area contributed by atoms with E-state index in [9.17, 15) is 0 Å². The molecule has 2 rings (SSSR count). The van der Waals surface area contributed by atoms with E-state index in [1.54, 1.807) is 11.0 Å². The summed E-state index contributed by atoms with van der Waals surface area (Å²) >= 11 is 2.25. The molecule has 1 heterocycles. The lowest BCUT2D eigenvalue weighted by molar-refractivity contribution is 0.789. The van der Waals surface area contributed by atoms with E-state index >= 15 is 0 Å². The molecule has 5 heteroatoms. The van der Waals surface area contributed by atoms with E-state index in [1.807, 2.05) is 24.3 Å². The summed E-state index contributed by atoms with van der Waals surface area (Å²) in [6.07, 6.45) is 1.57. The highest BCUT2D eigenvalue weighted by Gasteiger charge is 1.96. The lowest BCUT2D eigenvalue weighted by Gasteiger charge is -1.97. The third-order valence-corrected chi connectivity index (χ3v) is 2.09. The second kappa shape index (κ2) is 3.18. The molecule has 1 aromatic heterocycles. The number of nitrogens with zero attached hydrogens (tertiary/aromatic N) is 4. The minimum absolute atomic E-state index is 0.979. The number of aromatic nitrogens is 4. The maximum Gasteiger partial charge on any atom is 0.143 e. The number of rotatable bonds is 1. The molecule has 1 aromatic carbocycles. The molecule has 0 fully saturated rings. The highest BCUT2D eigenvalue weighted by atomic mass is 127. The van der Waals surface area contributed by atoms with Gasteiger partial charge in [0.15, 0.2) is 0 Å². The molecule has 0 amide bonds. The van der Waals surface area contributed by atoms with Crippen LogP contribution in [0, 0.1) is 3.57 Å². The second-order valence-electron chi connectivity index (χ2n) is 2.23. The molecule has 0 radical (unpaired) electrons. The van der Waals surface area contributed by atoms with Crippen LogP contribution in [-0.2, 0) is 0 Å². The van der Waals surface area contributed by atoms with Gasteiger partial charge in [0.1, 0.15) is 6.33 Å². The SMILES string of the molecule is Ic1cccc(-n2cnnn2)c1. The Kier molecular flexibility index (Phi) is 2.03. The lowest BCUT2D eigenvalue weighted by Crippen LogP contribution is -1.94. The van der Waals surface area contributed by atoms with Crippen LogP contribution < -0.4 is 0 Å². The van der Waals surface area contributed by atoms with Crippen molar-refractivity contribution in [3.05, 3.63) is 34.2 Å². The summed E-state index contributed by atoms with van der Waals surface area (Å²) < 4.78 is 2.79. The van der Waals surface area contributed by atoms with Gasteiger partial charge in [0, 0.05) is 3.57 Å². The first-order chi connectivity index (χ1) is 5.86. The molecule has 4 nitrogen and oxygen atoms in total. The number of hydrogen-bond donors (Lipinski definition) is 0. The Bertz CT molecular complexity index is 371. The Morgan fingerprint density at radius 2 is 2.25 bits per heavy atom. The molecule has 0 aliphatic carbocycles. The van der Waals surface area contributed by atoms with Gasteiger partial charge in [0.05, 0.1) is 5.69 Å². The fourth-order valence-corrected chi connectivity index (χ4v) is 1.42. The molecular weight excluding hydrogens is 267 g/mol. The zero-order chi connectivity index (χ0) is 8.39. The minimum atomic E-state index is 0.979. The van der Waals surface area contributed by atoms with Crippen molar-refractivity contribution in [3.63, 3.8) is 0 Å². The standard InChI is InChI=1S/C7H5IN4/c8-6-2-1-3-7(4-6)12-5-9-10-11-12/h1-5H. The molecule has 60 valence electrons. The Morgan fingerprint density at radius 3 is 2.92 bits per heavy atom. The molecule has 0 bridgehead atoms. The van der Waals surface area contributed by atoms with Crippen molar-refractivity contribution in [3.8, 4) is 5.69 Å². The summed E-state index contributed by atoms with van der Waals surface area (Å²) in [5, 5.41) is 10.9. The number of halogens is 1. The first-order valence-corrected chi connectivity index (χ1v) is 4.43. The van der Waals surface area contributed by atoms with Crippen molar-refractivity contribution in [2.24, 2.45) is 0 Å². The molecule has 0 N–H and O–H groups in total. The molecule has 0 saturated carbocycles. The molecule has 0 saturated heterocycles. The molecule has 0 aliphatic rings. The summed E-state index contributed by atoms with van der Waals surface area (Å²) in [7, 11) is 0. The van der Waals surface area contributed by atoms with E-state index in [-0.39, 0.29) is 0 Å². The van der Waals surface area contributed by atoms with Gasteiger partial charge in [-0.2, -0.15) is 0 Å². The molecule has 0 atom stereocenters. The van der Waals surface area contributed by atoms with Gasteiger partial charge in [-0.3, -0.25) is 0 Å². The average molecular weight is 272 g/mol. The Labute approximate surface area is 82.7 Å². The average Bonchev–Trinajstić information content (AvgIpc) is 2.56. The number of tetrazole rings is 1. The van der Waals surface area contributed by atoms with Crippen LogP contribution in [0.5, 0.6) is 0 Å². The van der Waals surface area contributed by atoms with Crippen LogP contribution in [0.1, 0.15) is 0 Å². The molecule has 0 spiro atoms. The van der Waals surface area contributed by atoms with Crippen LogP contribution >= 0.6 is 22.6 Å². The first kappa shape index (κ1) is 7.66. The summed E-state index contributed by atoms with van der Waals surface area (Å²) in [4.78, 5) is 0. The molecule has 2 aromatic rings. The van der Waals surface area contributed by atoms with E-state index in [4.69, 9.17) is 0 Å². The minimum Gasteiger partial charge on any atom is -0.201 e. The molecule has 12 heavy (non-hydrogen) atoms. The topological polar surface area (TPSA) is 43.6 Å². The van der Waals surface area contributed by atoms with Crippen LogP contribution in [0.25, 0.3) is 5.69 Å². The van der Waals surface area contributed by atoms with Crippen molar-refractivity contribution in [2.75, 3.05) is 0 Å². The number of hydrogen-bond acceptors (Lipinski definition) is 3. The zero-order valence-electron chi connectivity index (χ0n) is 6.05. The summed E-state index contributed by atoms with van der Waals surface area (Å²) in [6.45, 7) is 0. The van der Waals surface area contributed by atoms with Crippen molar-refractivity contribution >= 4 is 22.6 Å². The zero-order valence-corrected chi connectivity index (χ0v) is 8.21. The van der Waals surface area contributed by atoms with Crippen molar-refractivity contribution in [1.29, 1.82) is 0 Å². The second-order valence-corrected chi connectivity index (χ2v) is 3.48. The number of benzene rings is 1. The monoisotopic (exact) mass is 272 g/mol. The fraction of sp³-hybridized carbons (Fsp3) is 0. The predicted octanol–water partition coefficient (Wildman–Crippen LogP) is 1.27. The van der Waals surface area contributed by atoms with E-state index in [0.29, 0.717) is 0 Å². The van der Waals surface area contributed by atoms with Crippen LogP contribution in [0.15, 0.2) is 30.6 Å². The fourth-order valence-electron chi connectivity index (χ4n) is 0.898. The van der Waals surface area contributed by atoms with Gasteiger partial charge in [0.2, 0.25) is 0 Å². The van der Waals surface area contributed by atoms with Gasteiger partial charge in [-0.25, -0.2) is 4.68 Å². The normalized spacial score (nSPS) is 10.1. The largest absolute Gasteiger partial charge is 0.201 e. The Morgan fingerprint density at radius 1 is 1.33 bits per heavy atom. The summed E-state index contributed by atoms with van der Waals surface area (Å²) in [5.74, 6) is 0. The smallest absolute Gasteiger partial charge is 0.143 e. The highest BCUT2D eigenvalue weighted by molar-refractivity contribution is 14.1. The van der Waals surface area contributed by atoms with Gasteiger partial charge < -0.3 is 0 Å². The van der Waals surface area contributed by atoms with Crippen molar-refractivity contribution in [2.45, 2.75) is 0 Å². The van der Waals surface area contributed by atoms with E-state index in [0.717, 1.165) is 5.69 Å². The third-order valence-electron chi connectivity index (χ3n) is 1.42. The van der Waals surface area contributed by atoms with Gasteiger partial charge >= 0.3 is 0 Å². The molecular formula is C7H5IN4. The van der Waals surface area contributed by atoms with Gasteiger partial charge in [-0.05, 0) is 51.2 Å². The predicted molar refractivity (Wildman–Crippen MR) is 51.9 cm³/mol. The van der Waals surface area contributed by atoms with E-state index < -0.39 is 0 Å². The van der Waals surface area contributed by atoms with Crippen LogP contribution in [0.4, 0.5) is 0 Å². The van der Waals surface area contributed by atoms with E-state index in [1.165, 1.54) is 3.57 Å². The lowest BCUT2D eigenvalue weighted by atomic mass is 10.3. The third kappa shape index (κ3) is 1.45. The van der Waals surface area contributed by atoms with Crippen molar-refractivity contribution < 1.29 is 0 Å². The van der Waals surface area contributed by atoms with Crippen LogP contribution in [-0.4, -0.2) is 20.2 Å². The molecule has 0 unspecified atom stereocenters. The maximum atomic E-state index is 3.78.